The van der Waals surface area contributed by atoms with Crippen LogP contribution in [0.4, 0.5) is 0 Å². The summed E-state index contributed by atoms with van der Waals surface area (Å²) in [6.45, 7) is 8.98. The minimum absolute atomic E-state index is 0.410. The SMILES string of the molecule is CNCCCCCCN1CC(C)OC(C)C1. The number of morpholine rings is 1. The number of nitrogens with one attached hydrogen (secondary N) is 1. The normalized spacial score (nSPS) is 27.2. The Morgan fingerprint density at radius 1 is 1.06 bits per heavy atom. The van der Waals surface area contributed by atoms with E-state index in [2.05, 4.69) is 24.1 Å². The van der Waals surface area contributed by atoms with Gasteiger partial charge in [-0.25, -0.2) is 0 Å². The summed E-state index contributed by atoms with van der Waals surface area (Å²) < 4.78 is 5.73. The third-order valence-electron chi connectivity index (χ3n) is 3.15. The molecule has 0 saturated carbocycles. The van der Waals surface area contributed by atoms with Gasteiger partial charge in [-0.15, -0.1) is 0 Å². The van der Waals surface area contributed by atoms with E-state index in [0.29, 0.717) is 12.2 Å². The molecule has 1 rings (SSSR count). The Balaban J connectivity index is 1.99. The standard InChI is InChI=1S/C13H28N2O/c1-12-10-15(11-13(2)16-12)9-7-5-4-6-8-14-3/h12-14H,4-11H2,1-3H3. The zero-order valence-electron chi connectivity index (χ0n) is 11.2. The van der Waals surface area contributed by atoms with Crippen LogP contribution in [0.25, 0.3) is 0 Å². The molecule has 2 unspecified atom stereocenters. The van der Waals surface area contributed by atoms with Crippen LogP contribution < -0.4 is 5.32 Å². The maximum absolute atomic E-state index is 5.73. The molecule has 0 aromatic carbocycles. The first-order chi connectivity index (χ1) is 7.72. The van der Waals surface area contributed by atoms with E-state index >= 15 is 0 Å². The summed E-state index contributed by atoms with van der Waals surface area (Å²) in [5, 5.41) is 3.19. The van der Waals surface area contributed by atoms with Gasteiger partial charge in [0.1, 0.15) is 0 Å². The van der Waals surface area contributed by atoms with Gasteiger partial charge in [0.25, 0.3) is 0 Å². The van der Waals surface area contributed by atoms with Crippen molar-refractivity contribution in [2.24, 2.45) is 0 Å². The van der Waals surface area contributed by atoms with Crippen molar-refractivity contribution >= 4 is 0 Å². The molecular weight excluding hydrogens is 200 g/mol. The number of ether oxygens (including phenoxy) is 1. The van der Waals surface area contributed by atoms with Gasteiger partial charge < -0.3 is 10.1 Å². The van der Waals surface area contributed by atoms with E-state index in [1.54, 1.807) is 0 Å². The van der Waals surface area contributed by atoms with Gasteiger partial charge in [0.15, 0.2) is 0 Å². The molecule has 0 radical (unpaired) electrons. The third-order valence-corrected chi connectivity index (χ3v) is 3.15. The zero-order valence-corrected chi connectivity index (χ0v) is 11.2. The monoisotopic (exact) mass is 228 g/mol. The number of unbranched alkanes of at least 4 members (excludes halogenated alkanes) is 3. The summed E-state index contributed by atoms with van der Waals surface area (Å²) in [6.07, 6.45) is 6.19. The Morgan fingerprint density at radius 3 is 2.31 bits per heavy atom. The highest BCUT2D eigenvalue weighted by atomic mass is 16.5. The van der Waals surface area contributed by atoms with Gasteiger partial charge in [-0.3, -0.25) is 4.90 Å². The van der Waals surface area contributed by atoms with Crippen LogP contribution >= 0.6 is 0 Å². The lowest BCUT2D eigenvalue weighted by Crippen LogP contribution is -2.45. The molecule has 1 aliphatic rings. The molecule has 1 aliphatic heterocycles. The smallest absolute Gasteiger partial charge is 0.0678 e. The van der Waals surface area contributed by atoms with Gasteiger partial charge in [0.05, 0.1) is 12.2 Å². The van der Waals surface area contributed by atoms with Gasteiger partial charge in [-0.2, -0.15) is 0 Å². The summed E-state index contributed by atoms with van der Waals surface area (Å²) >= 11 is 0. The van der Waals surface area contributed by atoms with Crippen LogP contribution in [0.15, 0.2) is 0 Å². The maximum atomic E-state index is 5.73. The predicted molar refractivity (Wildman–Crippen MR) is 68.8 cm³/mol. The summed E-state index contributed by atoms with van der Waals surface area (Å²) in [6, 6.07) is 0. The average molecular weight is 228 g/mol. The number of nitrogens with zero attached hydrogens (tertiary/aromatic N) is 1. The Bertz CT molecular complexity index is 165. The molecule has 0 aromatic heterocycles. The Labute approximate surface area is 101 Å². The molecule has 0 bridgehead atoms. The fourth-order valence-corrected chi connectivity index (χ4v) is 2.46. The Kier molecular flexibility index (Phi) is 7.01. The third kappa shape index (κ3) is 5.83. The second-order valence-corrected chi connectivity index (χ2v) is 5.03. The van der Waals surface area contributed by atoms with E-state index in [1.807, 2.05) is 7.05 Å². The fourth-order valence-electron chi connectivity index (χ4n) is 2.46. The molecule has 2 atom stereocenters. The van der Waals surface area contributed by atoms with E-state index in [-0.39, 0.29) is 0 Å². The molecule has 1 fully saturated rings. The molecule has 3 heteroatoms. The van der Waals surface area contributed by atoms with Crippen molar-refractivity contribution in [2.45, 2.75) is 51.7 Å². The first kappa shape index (κ1) is 13.9. The van der Waals surface area contributed by atoms with E-state index in [1.165, 1.54) is 32.2 Å². The van der Waals surface area contributed by atoms with Gasteiger partial charge in [-0.05, 0) is 46.8 Å². The van der Waals surface area contributed by atoms with E-state index < -0.39 is 0 Å². The quantitative estimate of drug-likeness (QED) is 0.673. The van der Waals surface area contributed by atoms with Crippen molar-refractivity contribution in [3.63, 3.8) is 0 Å². The lowest BCUT2D eigenvalue weighted by Gasteiger charge is -2.35. The molecule has 1 N–H and O–H groups in total. The lowest BCUT2D eigenvalue weighted by molar-refractivity contribution is -0.0681. The van der Waals surface area contributed by atoms with Crippen LogP contribution in [0.5, 0.6) is 0 Å². The second kappa shape index (κ2) is 8.04. The van der Waals surface area contributed by atoms with Crippen molar-refractivity contribution in [1.82, 2.24) is 10.2 Å². The Morgan fingerprint density at radius 2 is 1.69 bits per heavy atom. The van der Waals surface area contributed by atoms with Crippen LogP contribution in [-0.4, -0.2) is 50.3 Å². The second-order valence-electron chi connectivity index (χ2n) is 5.03. The van der Waals surface area contributed by atoms with E-state index in [0.717, 1.165) is 19.6 Å². The lowest BCUT2D eigenvalue weighted by atomic mass is 10.1. The summed E-state index contributed by atoms with van der Waals surface area (Å²) in [5.74, 6) is 0. The van der Waals surface area contributed by atoms with Gasteiger partial charge >= 0.3 is 0 Å². The van der Waals surface area contributed by atoms with Crippen LogP contribution in [0.1, 0.15) is 39.5 Å². The van der Waals surface area contributed by atoms with E-state index in [4.69, 9.17) is 4.74 Å². The van der Waals surface area contributed by atoms with Crippen molar-refractivity contribution in [3.8, 4) is 0 Å². The summed E-state index contributed by atoms with van der Waals surface area (Å²) in [4.78, 5) is 2.55. The van der Waals surface area contributed by atoms with Gasteiger partial charge in [0, 0.05) is 13.1 Å². The molecule has 96 valence electrons. The van der Waals surface area contributed by atoms with Crippen LogP contribution in [0, 0.1) is 0 Å². The minimum atomic E-state index is 0.410. The molecular formula is C13H28N2O. The van der Waals surface area contributed by atoms with E-state index in [9.17, 15) is 0 Å². The average Bonchev–Trinajstić information content (AvgIpc) is 2.22. The molecule has 1 saturated heterocycles. The highest BCUT2D eigenvalue weighted by Gasteiger charge is 2.21. The highest BCUT2D eigenvalue weighted by molar-refractivity contribution is 4.72. The van der Waals surface area contributed by atoms with Crippen LogP contribution in [-0.2, 0) is 4.74 Å². The molecule has 0 aromatic rings. The summed E-state index contributed by atoms with van der Waals surface area (Å²) in [7, 11) is 2.02. The zero-order chi connectivity index (χ0) is 11.8. The van der Waals surface area contributed by atoms with Gasteiger partial charge in [0.2, 0.25) is 0 Å². The number of hydrogen-bond acceptors (Lipinski definition) is 3. The van der Waals surface area contributed by atoms with Gasteiger partial charge in [-0.1, -0.05) is 12.8 Å². The molecule has 16 heavy (non-hydrogen) atoms. The van der Waals surface area contributed by atoms with Crippen LogP contribution in [0.3, 0.4) is 0 Å². The van der Waals surface area contributed by atoms with Crippen LogP contribution in [0.2, 0.25) is 0 Å². The fraction of sp³-hybridized carbons (Fsp3) is 1.00. The molecule has 1 heterocycles. The van der Waals surface area contributed by atoms with Crippen molar-refractivity contribution in [3.05, 3.63) is 0 Å². The van der Waals surface area contributed by atoms with Crippen molar-refractivity contribution in [1.29, 1.82) is 0 Å². The minimum Gasteiger partial charge on any atom is -0.373 e. The molecule has 0 spiro atoms. The van der Waals surface area contributed by atoms with Crippen molar-refractivity contribution < 1.29 is 4.74 Å². The first-order valence-corrected chi connectivity index (χ1v) is 6.74. The molecule has 3 nitrogen and oxygen atoms in total. The number of hydrogen-bond donors (Lipinski definition) is 1. The molecule has 0 aliphatic carbocycles. The number of rotatable bonds is 7. The highest BCUT2D eigenvalue weighted by Crippen LogP contribution is 2.11. The summed E-state index contributed by atoms with van der Waals surface area (Å²) in [5.41, 5.74) is 0. The largest absolute Gasteiger partial charge is 0.373 e. The first-order valence-electron chi connectivity index (χ1n) is 6.74. The maximum Gasteiger partial charge on any atom is 0.0678 e. The van der Waals surface area contributed by atoms with Crippen molar-refractivity contribution in [2.75, 3.05) is 33.2 Å². The predicted octanol–water partition coefficient (Wildman–Crippen LogP) is 1.88. The topological polar surface area (TPSA) is 24.5 Å². The Hall–Kier alpha value is -0.120. The molecule has 0 amide bonds.